The maximum atomic E-state index is 5.64. The molecule has 1 atom stereocenters. The summed E-state index contributed by atoms with van der Waals surface area (Å²) < 4.78 is 5.64. The standard InChI is InChI=1S/C9H20N2O/c1-4-11-5-6-12-9(8-11)7-10(2)3/h9H,4-8H2,1-3H3/t9-/m1/s1. The summed E-state index contributed by atoms with van der Waals surface area (Å²) in [5.41, 5.74) is 0. The lowest BCUT2D eigenvalue weighted by atomic mass is 10.2. The highest BCUT2D eigenvalue weighted by atomic mass is 16.5. The third kappa shape index (κ3) is 3.09. The summed E-state index contributed by atoms with van der Waals surface area (Å²) in [6, 6.07) is 0. The van der Waals surface area contributed by atoms with Gasteiger partial charge in [0.2, 0.25) is 0 Å². The lowest BCUT2D eigenvalue weighted by Gasteiger charge is -2.33. The molecule has 1 rings (SSSR count). The summed E-state index contributed by atoms with van der Waals surface area (Å²) in [7, 11) is 4.18. The van der Waals surface area contributed by atoms with E-state index in [1.807, 2.05) is 0 Å². The average molecular weight is 172 g/mol. The minimum absolute atomic E-state index is 0.411. The van der Waals surface area contributed by atoms with Crippen LogP contribution in [-0.4, -0.2) is 62.8 Å². The first-order chi connectivity index (χ1) is 5.72. The predicted octanol–water partition coefficient (Wildman–Crippen LogP) is 0.269. The molecule has 0 amide bonds. The van der Waals surface area contributed by atoms with Crippen molar-refractivity contribution in [1.29, 1.82) is 0 Å². The van der Waals surface area contributed by atoms with E-state index in [2.05, 4.69) is 30.8 Å². The van der Waals surface area contributed by atoms with Gasteiger partial charge < -0.3 is 9.64 Å². The first-order valence-corrected chi connectivity index (χ1v) is 4.71. The highest BCUT2D eigenvalue weighted by molar-refractivity contribution is 4.72. The number of nitrogens with zero attached hydrogens (tertiary/aromatic N) is 2. The van der Waals surface area contributed by atoms with Crippen LogP contribution >= 0.6 is 0 Å². The zero-order valence-corrected chi connectivity index (χ0v) is 8.42. The van der Waals surface area contributed by atoms with Crippen LogP contribution in [0.5, 0.6) is 0 Å². The molecule has 0 aromatic heterocycles. The van der Waals surface area contributed by atoms with Crippen molar-refractivity contribution in [1.82, 2.24) is 9.80 Å². The van der Waals surface area contributed by atoms with Crippen molar-refractivity contribution in [3.8, 4) is 0 Å². The molecule has 0 aliphatic carbocycles. The zero-order valence-electron chi connectivity index (χ0n) is 8.42. The minimum Gasteiger partial charge on any atom is -0.374 e. The van der Waals surface area contributed by atoms with Gasteiger partial charge in [0.25, 0.3) is 0 Å². The Morgan fingerprint density at radius 3 is 2.83 bits per heavy atom. The fraction of sp³-hybridized carbons (Fsp3) is 1.00. The Morgan fingerprint density at radius 2 is 2.25 bits per heavy atom. The van der Waals surface area contributed by atoms with Gasteiger partial charge in [0, 0.05) is 19.6 Å². The number of morpholine rings is 1. The highest BCUT2D eigenvalue weighted by Gasteiger charge is 2.19. The van der Waals surface area contributed by atoms with Crippen LogP contribution in [0.25, 0.3) is 0 Å². The van der Waals surface area contributed by atoms with Crippen molar-refractivity contribution >= 4 is 0 Å². The van der Waals surface area contributed by atoms with Gasteiger partial charge in [-0.1, -0.05) is 6.92 Å². The summed E-state index contributed by atoms with van der Waals surface area (Å²) in [6.45, 7) is 7.48. The maximum Gasteiger partial charge on any atom is 0.0829 e. The largest absolute Gasteiger partial charge is 0.374 e. The van der Waals surface area contributed by atoms with Gasteiger partial charge in [-0.3, -0.25) is 4.90 Å². The van der Waals surface area contributed by atoms with E-state index < -0.39 is 0 Å². The molecule has 0 saturated carbocycles. The van der Waals surface area contributed by atoms with Gasteiger partial charge in [0.05, 0.1) is 12.7 Å². The van der Waals surface area contributed by atoms with E-state index in [-0.39, 0.29) is 0 Å². The highest BCUT2D eigenvalue weighted by Crippen LogP contribution is 2.04. The summed E-state index contributed by atoms with van der Waals surface area (Å²) in [5.74, 6) is 0. The zero-order chi connectivity index (χ0) is 8.97. The van der Waals surface area contributed by atoms with Gasteiger partial charge in [-0.15, -0.1) is 0 Å². The van der Waals surface area contributed by atoms with Gasteiger partial charge in [0.1, 0.15) is 0 Å². The summed E-state index contributed by atoms with van der Waals surface area (Å²) in [5, 5.41) is 0. The van der Waals surface area contributed by atoms with Crippen LogP contribution < -0.4 is 0 Å². The van der Waals surface area contributed by atoms with Crippen LogP contribution in [-0.2, 0) is 4.74 Å². The second-order valence-corrected chi connectivity index (χ2v) is 3.65. The first-order valence-electron chi connectivity index (χ1n) is 4.71. The summed E-state index contributed by atoms with van der Waals surface area (Å²) in [6.07, 6.45) is 0.411. The van der Waals surface area contributed by atoms with Crippen molar-refractivity contribution in [2.24, 2.45) is 0 Å². The Morgan fingerprint density at radius 1 is 1.50 bits per heavy atom. The number of rotatable bonds is 3. The quantitative estimate of drug-likeness (QED) is 0.607. The Hall–Kier alpha value is -0.120. The smallest absolute Gasteiger partial charge is 0.0829 e. The van der Waals surface area contributed by atoms with Crippen LogP contribution in [0.4, 0.5) is 0 Å². The van der Waals surface area contributed by atoms with Gasteiger partial charge in [-0.2, -0.15) is 0 Å². The van der Waals surface area contributed by atoms with Crippen LogP contribution in [0.15, 0.2) is 0 Å². The monoisotopic (exact) mass is 172 g/mol. The molecule has 1 fully saturated rings. The lowest BCUT2D eigenvalue weighted by molar-refractivity contribution is -0.0363. The Balaban J connectivity index is 2.25. The molecule has 0 spiro atoms. The van der Waals surface area contributed by atoms with E-state index in [1.165, 1.54) is 0 Å². The van der Waals surface area contributed by atoms with Crippen molar-refractivity contribution in [2.45, 2.75) is 13.0 Å². The first kappa shape index (κ1) is 9.96. The third-order valence-corrected chi connectivity index (χ3v) is 2.24. The SMILES string of the molecule is CCN1CCO[C@H](CN(C)C)C1. The summed E-state index contributed by atoms with van der Waals surface area (Å²) >= 11 is 0. The topological polar surface area (TPSA) is 15.7 Å². The van der Waals surface area contributed by atoms with E-state index in [0.717, 1.165) is 32.8 Å². The van der Waals surface area contributed by atoms with E-state index in [1.54, 1.807) is 0 Å². The van der Waals surface area contributed by atoms with Gasteiger partial charge >= 0.3 is 0 Å². The molecule has 3 heteroatoms. The predicted molar refractivity (Wildman–Crippen MR) is 50.4 cm³/mol. The van der Waals surface area contributed by atoms with Crippen molar-refractivity contribution in [3.63, 3.8) is 0 Å². The third-order valence-electron chi connectivity index (χ3n) is 2.24. The average Bonchev–Trinajstić information content (AvgIpc) is 2.03. The molecule has 1 heterocycles. The van der Waals surface area contributed by atoms with E-state index in [4.69, 9.17) is 4.74 Å². The fourth-order valence-electron chi connectivity index (χ4n) is 1.59. The molecule has 0 bridgehead atoms. The van der Waals surface area contributed by atoms with Crippen LogP contribution in [0.2, 0.25) is 0 Å². The molecule has 72 valence electrons. The number of ether oxygens (including phenoxy) is 1. The maximum absolute atomic E-state index is 5.64. The molecule has 1 saturated heterocycles. The Labute approximate surface area is 75.3 Å². The number of hydrogen-bond donors (Lipinski definition) is 0. The number of likely N-dealkylation sites (N-methyl/N-ethyl adjacent to an activating group) is 2. The molecule has 3 nitrogen and oxygen atoms in total. The molecule has 0 radical (unpaired) electrons. The molecular formula is C9H20N2O. The Bertz CT molecular complexity index is 128. The van der Waals surface area contributed by atoms with Crippen molar-refractivity contribution in [3.05, 3.63) is 0 Å². The lowest BCUT2D eigenvalue weighted by Crippen LogP contribution is -2.46. The molecule has 1 aliphatic rings. The molecular weight excluding hydrogens is 152 g/mol. The van der Waals surface area contributed by atoms with Gasteiger partial charge in [-0.25, -0.2) is 0 Å². The van der Waals surface area contributed by atoms with E-state index >= 15 is 0 Å². The van der Waals surface area contributed by atoms with Crippen LogP contribution in [0.1, 0.15) is 6.92 Å². The second kappa shape index (κ2) is 4.80. The normalized spacial score (nSPS) is 26.5. The molecule has 0 unspecified atom stereocenters. The van der Waals surface area contributed by atoms with Gasteiger partial charge in [-0.05, 0) is 20.6 Å². The second-order valence-electron chi connectivity index (χ2n) is 3.65. The molecule has 0 aromatic rings. The Kier molecular flexibility index (Phi) is 3.98. The molecule has 1 aliphatic heterocycles. The summed E-state index contributed by atoms with van der Waals surface area (Å²) in [4.78, 5) is 4.63. The van der Waals surface area contributed by atoms with Crippen molar-refractivity contribution < 1.29 is 4.74 Å². The van der Waals surface area contributed by atoms with E-state index in [0.29, 0.717) is 6.10 Å². The minimum atomic E-state index is 0.411. The number of hydrogen-bond acceptors (Lipinski definition) is 3. The molecule has 0 N–H and O–H groups in total. The van der Waals surface area contributed by atoms with E-state index in [9.17, 15) is 0 Å². The fourth-order valence-corrected chi connectivity index (χ4v) is 1.59. The van der Waals surface area contributed by atoms with Gasteiger partial charge in [0.15, 0.2) is 0 Å². The molecule has 0 aromatic carbocycles. The van der Waals surface area contributed by atoms with Crippen LogP contribution in [0, 0.1) is 0 Å². The molecule has 12 heavy (non-hydrogen) atoms. The van der Waals surface area contributed by atoms with Crippen LogP contribution in [0.3, 0.4) is 0 Å². The van der Waals surface area contributed by atoms with Crippen molar-refractivity contribution in [2.75, 3.05) is 46.9 Å².